The van der Waals surface area contributed by atoms with Crippen LogP contribution in [0.3, 0.4) is 0 Å². The molecule has 0 spiro atoms. The topological polar surface area (TPSA) is 93.0 Å². The molecule has 0 aliphatic carbocycles. The molecule has 0 bridgehead atoms. The van der Waals surface area contributed by atoms with Crippen molar-refractivity contribution in [2.45, 2.75) is 0 Å². The zero-order chi connectivity index (χ0) is 18.7. The Morgan fingerprint density at radius 2 is 1.65 bits per heavy atom. The van der Waals surface area contributed by atoms with E-state index < -0.39 is 22.2 Å². The first-order valence-corrected chi connectivity index (χ1v) is 7.56. The molecule has 1 aromatic heterocycles. The summed E-state index contributed by atoms with van der Waals surface area (Å²) in [4.78, 5) is 18.4. The molecule has 0 radical (unpaired) electrons. The largest absolute Gasteiger partial charge is 0.353 e. The minimum Gasteiger partial charge on any atom is -0.334 e. The van der Waals surface area contributed by atoms with Gasteiger partial charge in [-0.2, -0.15) is 0 Å². The zero-order valence-electron chi connectivity index (χ0n) is 12.9. The van der Waals surface area contributed by atoms with Gasteiger partial charge in [0.25, 0.3) is 0 Å². The van der Waals surface area contributed by atoms with Gasteiger partial charge in [0, 0.05) is 16.8 Å². The second kappa shape index (κ2) is 7.28. The van der Waals surface area contributed by atoms with Gasteiger partial charge < -0.3 is 10.6 Å². The van der Waals surface area contributed by atoms with E-state index in [9.17, 15) is 18.9 Å². The summed E-state index contributed by atoms with van der Waals surface area (Å²) < 4.78 is 26.8. The number of nitrogens with zero attached hydrogens (tertiary/aromatic N) is 3. The minimum absolute atomic E-state index is 0.0997. The van der Waals surface area contributed by atoms with Gasteiger partial charge in [0.15, 0.2) is 0 Å². The molecule has 0 atom stereocenters. The van der Waals surface area contributed by atoms with Crippen LogP contribution in [0.5, 0.6) is 0 Å². The molecular formula is C16H10ClF2N5O2. The van der Waals surface area contributed by atoms with E-state index >= 15 is 0 Å². The summed E-state index contributed by atoms with van der Waals surface area (Å²) >= 11 is 5.80. The van der Waals surface area contributed by atoms with Gasteiger partial charge in [0.05, 0.1) is 10.6 Å². The molecule has 0 saturated heterocycles. The highest BCUT2D eigenvalue weighted by Gasteiger charge is 2.24. The lowest BCUT2D eigenvalue weighted by Gasteiger charge is -2.10. The number of aromatic nitrogens is 2. The normalized spacial score (nSPS) is 10.4. The molecule has 0 unspecified atom stereocenters. The van der Waals surface area contributed by atoms with Crippen LogP contribution in [0.4, 0.5) is 37.5 Å². The van der Waals surface area contributed by atoms with Crippen LogP contribution >= 0.6 is 11.6 Å². The number of anilines is 4. The van der Waals surface area contributed by atoms with Crippen molar-refractivity contribution in [3.63, 3.8) is 0 Å². The van der Waals surface area contributed by atoms with Gasteiger partial charge in [-0.1, -0.05) is 11.6 Å². The number of benzene rings is 2. The van der Waals surface area contributed by atoms with Crippen LogP contribution in [-0.2, 0) is 0 Å². The van der Waals surface area contributed by atoms with Gasteiger partial charge in [-0.05, 0) is 36.4 Å². The Morgan fingerprint density at radius 1 is 1.00 bits per heavy atom. The quantitative estimate of drug-likeness (QED) is 0.490. The SMILES string of the molecule is O=[N+]([O-])c1c(Nc2ccc(Cl)cc2)ncnc1Nc1ccc(F)cc1F. The number of nitrogens with one attached hydrogen (secondary N) is 2. The fraction of sp³-hybridized carbons (Fsp3) is 0. The fourth-order valence-electron chi connectivity index (χ4n) is 2.12. The van der Waals surface area contributed by atoms with E-state index in [-0.39, 0.29) is 17.3 Å². The molecule has 7 nitrogen and oxygen atoms in total. The Bertz CT molecular complexity index is 969. The lowest BCUT2D eigenvalue weighted by atomic mass is 10.3. The summed E-state index contributed by atoms with van der Waals surface area (Å²) in [6.45, 7) is 0. The highest BCUT2D eigenvalue weighted by molar-refractivity contribution is 6.30. The van der Waals surface area contributed by atoms with E-state index in [1.807, 2.05) is 0 Å². The van der Waals surface area contributed by atoms with Crippen molar-refractivity contribution in [1.29, 1.82) is 0 Å². The average Bonchev–Trinajstić information content (AvgIpc) is 2.59. The first kappa shape index (κ1) is 17.5. The van der Waals surface area contributed by atoms with Crippen LogP contribution in [-0.4, -0.2) is 14.9 Å². The van der Waals surface area contributed by atoms with Gasteiger partial charge >= 0.3 is 5.69 Å². The summed E-state index contributed by atoms with van der Waals surface area (Å²) in [6, 6.07) is 9.21. The Morgan fingerprint density at radius 3 is 2.27 bits per heavy atom. The minimum atomic E-state index is -0.912. The van der Waals surface area contributed by atoms with Crippen LogP contribution in [0, 0.1) is 21.7 Å². The van der Waals surface area contributed by atoms with E-state index in [1.54, 1.807) is 24.3 Å². The standard InChI is InChI=1S/C16H10ClF2N5O2/c17-9-1-4-11(5-2-9)22-15-14(24(25)26)16(21-8-20-15)23-13-6-3-10(18)7-12(13)19/h1-8H,(H2,20,21,22,23). The number of halogens is 3. The average molecular weight is 378 g/mol. The van der Waals surface area contributed by atoms with Gasteiger partial charge in [0.2, 0.25) is 11.6 Å². The summed E-state index contributed by atoms with van der Waals surface area (Å²) in [5, 5.41) is 17.3. The number of nitro groups is 1. The third-order valence-corrected chi connectivity index (χ3v) is 3.55. The molecule has 10 heteroatoms. The monoisotopic (exact) mass is 377 g/mol. The van der Waals surface area contributed by atoms with Crippen molar-refractivity contribution >= 4 is 40.3 Å². The van der Waals surface area contributed by atoms with E-state index in [0.29, 0.717) is 16.8 Å². The summed E-state index contributed by atoms with van der Waals surface area (Å²) in [5.41, 5.74) is -0.146. The van der Waals surface area contributed by atoms with Crippen LogP contribution < -0.4 is 10.6 Å². The van der Waals surface area contributed by atoms with Crippen molar-refractivity contribution < 1.29 is 13.7 Å². The number of hydrogen-bond acceptors (Lipinski definition) is 6. The van der Waals surface area contributed by atoms with Gasteiger partial charge in [-0.3, -0.25) is 10.1 Å². The molecule has 0 aliphatic heterocycles. The van der Waals surface area contributed by atoms with Crippen LogP contribution in [0.2, 0.25) is 5.02 Å². The van der Waals surface area contributed by atoms with Gasteiger partial charge in [-0.25, -0.2) is 18.7 Å². The lowest BCUT2D eigenvalue weighted by Crippen LogP contribution is -2.06. The molecule has 132 valence electrons. The van der Waals surface area contributed by atoms with Crippen LogP contribution in [0.15, 0.2) is 48.8 Å². The molecule has 0 fully saturated rings. The molecule has 1 heterocycles. The third kappa shape index (κ3) is 3.83. The molecular weight excluding hydrogens is 368 g/mol. The van der Waals surface area contributed by atoms with Gasteiger partial charge in [0.1, 0.15) is 18.0 Å². The number of hydrogen-bond donors (Lipinski definition) is 2. The summed E-state index contributed by atoms with van der Waals surface area (Å²) in [6.07, 6.45) is 1.08. The van der Waals surface area contributed by atoms with Crippen LogP contribution in [0.1, 0.15) is 0 Å². The first-order valence-electron chi connectivity index (χ1n) is 7.18. The Kier molecular flexibility index (Phi) is 4.90. The molecule has 0 saturated carbocycles. The molecule has 0 aliphatic rings. The predicted octanol–water partition coefficient (Wildman–Crippen LogP) is 4.80. The van der Waals surface area contributed by atoms with E-state index in [1.165, 1.54) is 0 Å². The highest BCUT2D eigenvalue weighted by atomic mass is 35.5. The highest BCUT2D eigenvalue weighted by Crippen LogP contribution is 2.33. The Hall–Kier alpha value is -3.33. The van der Waals surface area contributed by atoms with Gasteiger partial charge in [-0.15, -0.1) is 0 Å². The van der Waals surface area contributed by atoms with Crippen molar-refractivity contribution in [1.82, 2.24) is 9.97 Å². The summed E-state index contributed by atoms with van der Waals surface area (Å²) in [7, 11) is 0. The maximum absolute atomic E-state index is 13.8. The molecule has 2 aromatic carbocycles. The zero-order valence-corrected chi connectivity index (χ0v) is 13.7. The van der Waals surface area contributed by atoms with Crippen LogP contribution in [0.25, 0.3) is 0 Å². The lowest BCUT2D eigenvalue weighted by molar-refractivity contribution is -0.383. The smallest absolute Gasteiger partial charge is 0.334 e. The van der Waals surface area contributed by atoms with E-state index in [4.69, 9.17) is 11.6 Å². The second-order valence-electron chi connectivity index (χ2n) is 5.06. The maximum Gasteiger partial charge on any atom is 0.353 e. The Balaban J connectivity index is 1.98. The van der Waals surface area contributed by atoms with E-state index in [2.05, 4.69) is 20.6 Å². The maximum atomic E-state index is 13.8. The van der Waals surface area contributed by atoms with Crippen molar-refractivity contribution in [3.05, 3.63) is 75.6 Å². The van der Waals surface area contributed by atoms with Crippen molar-refractivity contribution in [2.24, 2.45) is 0 Å². The first-order chi connectivity index (χ1) is 12.4. The molecule has 26 heavy (non-hydrogen) atoms. The third-order valence-electron chi connectivity index (χ3n) is 3.30. The molecule has 3 rings (SSSR count). The number of rotatable bonds is 5. The molecule has 2 N–H and O–H groups in total. The Labute approximate surface area is 150 Å². The predicted molar refractivity (Wildman–Crippen MR) is 93.1 cm³/mol. The second-order valence-corrected chi connectivity index (χ2v) is 5.49. The van der Waals surface area contributed by atoms with E-state index in [0.717, 1.165) is 18.5 Å². The fourth-order valence-corrected chi connectivity index (χ4v) is 2.25. The molecule has 0 amide bonds. The molecule has 3 aromatic rings. The summed E-state index contributed by atoms with van der Waals surface area (Å²) in [5.74, 6) is -2.02. The van der Waals surface area contributed by atoms with Crippen molar-refractivity contribution in [2.75, 3.05) is 10.6 Å². The van der Waals surface area contributed by atoms with Crippen molar-refractivity contribution in [3.8, 4) is 0 Å².